The number of hydrogen-bond acceptors (Lipinski definition) is 3. The minimum absolute atomic E-state index is 0.319. The number of hydroxylamine groups is 1. The van der Waals surface area contributed by atoms with Crippen molar-refractivity contribution in [2.24, 2.45) is 0 Å². The summed E-state index contributed by atoms with van der Waals surface area (Å²) >= 11 is 0. The summed E-state index contributed by atoms with van der Waals surface area (Å²) in [6.45, 7) is 2.78. The SMILES string of the molecule is CCC(COC)NOC. The van der Waals surface area contributed by atoms with E-state index < -0.39 is 0 Å². The number of ether oxygens (including phenoxy) is 1. The van der Waals surface area contributed by atoms with Crippen LogP contribution in [0.4, 0.5) is 0 Å². The van der Waals surface area contributed by atoms with Crippen molar-refractivity contribution in [2.75, 3.05) is 20.8 Å². The van der Waals surface area contributed by atoms with Gasteiger partial charge in [-0.05, 0) is 6.42 Å². The number of nitrogens with one attached hydrogen (secondary N) is 1. The minimum atomic E-state index is 0.319. The molecule has 0 aromatic heterocycles. The zero-order valence-corrected chi connectivity index (χ0v) is 6.31. The van der Waals surface area contributed by atoms with Gasteiger partial charge >= 0.3 is 0 Å². The van der Waals surface area contributed by atoms with E-state index in [1.165, 1.54) is 0 Å². The molecule has 9 heavy (non-hydrogen) atoms. The Morgan fingerprint density at radius 1 is 1.44 bits per heavy atom. The Hall–Kier alpha value is -0.120. The third-order valence-corrected chi connectivity index (χ3v) is 1.15. The van der Waals surface area contributed by atoms with Crippen molar-refractivity contribution >= 4 is 0 Å². The van der Waals surface area contributed by atoms with Crippen molar-refractivity contribution in [1.29, 1.82) is 0 Å². The summed E-state index contributed by atoms with van der Waals surface area (Å²) in [5.74, 6) is 0. The molecular weight excluding hydrogens is 118 g/mol. The molecule has 0 aromatic rings. The Kier molecular flexibility index (Phi) is 5.93. The summed E-state index contributed by atoms with van der Waals surface area (Å²) in [6.07, 6.45) is 1.02. The predicted octanol–water partition coefficient (Wildman–Crippen LogP) is 0.562. The molecule has 0 aliphatic rings. The fourth-order valence-electron chi connectivity index (χ4n) is 0.603. The Morgan fingerprint density at radius 3 is 2.44 bits per heavy atom. The molecule has 0 heterocycles. The normalized spacial score (nSPS) is 13.7. The third kappa shape index (κ3) is 4.39. The first-order valence-corrected chi connectivity index (χ1v) is 3.12. The van der Waals surface area contributed by atoms with Gasteiger partial charge in [0, 0.05) is 7.11 Å². The first-order chi connectivity index (χ1) is 4.35. The fraction of sp³-hybridized carbons (Fsp3) is 1.00. The molecule has 0 rings (SSSR count). The van der Waals surface area contributed by atoms with E-state index in [0.717, 1.165) is 6.42 Å². The molecule has 0 saturated carbocycles. The maximum absolute atomic E-state index is 4.90. The van der Waals surface area contributed by atoms with Gasteiger partial charge in [0.2, 0.25) is 0 Å². The lowest BCUT2D eigenvalue weighted by Crippen LogP contribution is -2.31. The van der Waals surface area contributed by atoms with Crippen LogP contribution in [0.3, 0.4) is 0 Å². The first-order valence-electron chi connectivity index (χ1n) is 3.12. The highest BCUT2D eigenvalue weighted by Gasteiger charge is 2.01. The monoisotopic (exact) mass is 133 g/mol. The average molecular weight is 133 g/mol. The van der Waals surface area contributed by atoms with Crippen LogP contribution >= 0.6 is 0 Å². The lowest BCUT2D eigenvalue weighted by molar-refractivity contribution is 0.0286. The van der Waals surface area contributed by atoms with Crippen molar-refractivity contribution in [2.45, 2.75) is 19.4 Å². The summed E-state index contributed by atoms with van der Waals surface area (Å²) in [6, 6.07) is 0.319. The van der Waals surface area contributed by atoms with E-state index in [1.807, 2.05) is 0 Å². The van der Waals surface area contributed by atoms with E-state index in [9.17, 15) is 0 Å². The quantitative estimate of drug-likeness (QED) is 0.556. The van der Waals surface area contributed by atoms with Gasteiger partial charge in [0.05, 0.1) is 19.8 Å². The zero-order valence-electron chi connectivity index (χ0n) is 6.31. The molecule has 3 heteroatoms. The Balaban J connectivity index is 3.18. The number of rotatable bonds is 5. The maximum atomic E-state index is 4.90. The first kappa shape index (κ1) is 8.88. The summed E-state index contributed by atoms with van der Waals surface area (Å²) in [5, 5.41) is 0. The minimum Gasteiger partial charge on any atom is -0.383 e. The van der Waals surface area contributed by atoms with Gasteiger partial charge in [-0.3, -0.25) is 0 Å². The highest BCUT2D eigenvalue weighted by Crippen LogP contribution is 1.89. The van der Waals surface area contributed by atoms with Crippen LogP contribution in [0.15, 0.2) is 0 Å². The summed E-state index contributed by atoms with van der Waals surface area (Å²) in [5.41, 5.74) is 2.81. The van der Waals surface area contributed by atoms with E-state index in [0.29, 0.717) is 12.6 Å². The number of hydrogen-bond donors (Lipinski definition) is 1. The van der Waals surface area contributed by atoms with Gasteiger partial charge in [0.15, 0.2) is 0 Å². The molecule has 0 radical (unpaired) electrons. The Bertz CT molecular complexity index is 53.0. The molecule has 1 unspecified atom stereocenters. The van der Waals surface area contributed by atoms with Crippen LogP contribution in [0.1, 0.15) is 13.3 Å². The van der Waals surface area contributed by atoms with E-state index in [2.05, 4.69) is 12.4 Å². The van der Waals surface area contributed by atoms with E-state index in [1.54, 1.807) is 14.2 Å². The molecule has 0 amide bonds. The van der Waals surface area contributed by atoms with Crippen LogP contribution in [0.2, 0.25) is 0 Å². The smallest absolute Gasteiger partial charge is 0.0638 e. The molecule has 0 aromatic carbocycles. The fourth-order valence-corrected chi connectivity index (χ4v) is 0.603. The largest absolute Gasteiger partial charge is 0.383 e. The highest BCUT2D eigenvalue weighted by atomic mass is 16.6. The molecule has 1 N–H and O–H groups in total. The van der Waals surface area contributed by atoms with Crippen LogP contribution in [-0.4, -0.2) is 26.9 Å². The van der Waals surface area contributed by atoms with Gasteiger partial charge in [-0.2, -0.15) is 5.48 Å². The molecule has 0 spiro atoms. The van der Waals surface area contributed by atoms with Crippen molar-refractivity contribution in [1.82, 2.24) is 5.48 Å². The van der Waals surface area contributed by atoms with Gasteiger partial charge < -0.3 is 9.57 Å². The van der Waals surface area contributed by atoms with E-state index >= 15 is 0 Å². The van der Waals surface area contributed by atoms with Crippen molar-refractivity contribution in [3.63, 3.8) is 0 Å². The van der Waals surface area contributed by atoms with Crippen LogP contribution in [0.5, 0.6) is 0 Å². The standard InChI is InChI=1S/C6H15NO2/c1-4-6(5-8-2)7-9-3/h6-7H,4-5H2,1-3H3. The molecule has 3 nitrogen and oxygen atoms in total. The highest BCUT2D eigenvalue weighted by molar-refractivity contribution is 4.55. The molecule has 0 saturated heterocycles. The number of methoxy groups -OCH3 is 1. The summed E-state index contributed by atoms with van der Waals surface area (Å²) in [4.78, 5) is 4.72. The zero-order chi connectivity index (χ0) is 7.11. The molecule has 0 bridgehead atoms. The molecule has 0 aliphatic heterocycles. The van der Waals surface area contributed by atoms with Crippen LogP contribution in [0.25, 0.3) is 0 Å². The second-order valence-electron chi connectivity index (χ2n) is 1.88. The summed E-state index contributed by atoms with van der Waals surface area (Å²) < 4.78 is 4.90. The van der Waals surface area contributed by atoms with Crippen LogP contribution < -0.4 is 5.48 Å². The lowest BCUT2D eigenvalue weighted by atomic mass is 10.3. The molecule has 0 aliphatic carbocycles. The average Bonchev–Trinajstić information content (AvgIpc) is 1.88. The molecular formula is C6H15NO2. The predicted molar refractivity (Wildman–Crippen MR) is 36.1 cm³/mol. The van der Waals surface area contributed by atoms with Gasteiger partial charge in [0.1, 0.15) is 0 Å². The topological polar surface area (TPSA) is 30.5 Å². The second kappa shape index (κ2) is 6.01. The Morgan fingerprint density at radius 2 is 2.11 bits per heavy atom. The van der Waals surface area contributed by atoms with E-state index in [-0.39, 0.29) is 0 Å². The Labute approximate surface area is 56.3 Å². The van der Waals surface area contributed by atoms with Gasteiger partial charge in [-0.15, -0.1) is 0 Å². The van der Waals surface area contributed by atoms with Crippen LogP contribution in [-0.2, 0) is 9.57 Å². The van der Waals surface area contributed by atoms with Gasteiger partial charge in [-0.25, -0.2) is 0 Å². The van der Waals surface area contributed by atoms with Crippen molar-refractivity contribution < 1.29 is 9.57 Å². The van der Waals surface area contributed by atoms with Crippen molar-refractivity contribution in [3.8, 4) is 0 Å². The molecule has 1 atom stereocenters. The van der Waals surface area contributed by atoms with Gasteiger partial charge in [-0.1, -0.05) is 6.92 Å². The van der Waals surface area contributed by atoms with Gasteiger partial charge in [0.25, 0.3) is 0 Å². The van der Waals surface area contributed by atoms with E-state index in [4.69, 9.17) is 9.57 Å². The van der Waals surface area contributed by atoms with Crippen LogP contribution in [0, 0.1) is 0 Å². The lowest BCUT2D eigenvalue weighted by Gasteiger charge is -2.12. The maximum Gasteiger partial charge on any atom is 0.0638 e. The molecule has 0 fully saturated rings. The summed E-state index contributed by atoms with van der Waals surface area (Å²) in [7, 11) is 3.29. The molecule has 56 valence electrons. The van der Waals surface area contributed by atoms with Crippen molar-refractivity contribution in [3.05, 3.63) is 0 Å². The second-order valence-corrected chi connectivity index (χ2v) is 1.88. The third-order valence-electron chi connectivity index (χ3n) is 1.15.